The molecule has 1 aliphatic heterocycles. The van der Waals surface area contributed by atoms with Gasteiger partial charge in [-0.05, 0) is 86.5 Å². The highest BCUT2D eigenvalue weighted by molar-refractivity contribution is 6.80. The maximum atomic E-state index is 11.3. The normalized spacial score (nSPS) is 17.3. The van der Waals surface area contributed by atoms with Crippen LogP contribution in [0.2, 0.25) is 0 Å². The zero-order valence-corrected chi connectivity index (χ0v) is 30.3. The van der Waals surface area contributed by atoms with Crippen molar-refractivity contribution in [2.45, 2.75) is 71.9 Å². The molecule has 1 unspecified atom stereocenters. The molecule has 1 aliphatic carbocycles. The molecule has 1 aromatic heterocycles. The number of nitrogens with zero attached hydrogens (tertiary/aromatic N) is 3. The highest BCUT2D eigenvalue weighted by atomic mass is 28.3. The molecule has 48 heavy (non-hydrogen) atoms. The minimum atomic E-state index is -1.97. The summed E-state index contributed by atoms with van der Waals surface area (Å²) in [6.07, 6.45) is 4.94. The first-order chi connectivity index (χ1) is 23.0. The van der Waals surface area contributed by atoms with Gasteiger partial charge in [0, 0.05) is 30.4 Å². The number of hydrogen-bond acceptors (Lipinski definition) is 6. The van der Waals surface area contributed by atoms with Crippen LogP contribution in [-0.4, -0.2) is 75.1 Å². The Morgan fingerprint density at radius 2 is 1.65 bits per heavy atom. The molecule has 4 aromatic rings. The average molecular weight is 670 g/mol. The number of rotatable bonds is 13. The number of likely N-dealkylation sites (tertiary alicyclic amines) is 1. The molecule has 1 N–H and O–H groups in total. The van der Waals surface area contributed by atoms with Crippen LogP contribution >= 0.6 is 0 Å². The van der Waals surface area contributed by atoms with Crippen LogP contribution in [0.5, 0.6) is 5.75 Å². The zero-order valence-electron chi connectivity index (χ0n) is 29.2. The number of aromatic nitrogens is 1. The van der Waals surface area contributed by atoms with Gasteiger partial charge in [0.1, 0.15) is 5.75 Å². The number of carbonyl (C=O) groups is 1. The SMILES string of the molecule is CN(C)Cc1c(OCC2(C(O[SiH](c3ccccc3)c3ccccc3)C(C)(C)C)CC2)ccc2c(CCC3CCN(C(=O)O)CC3)noc12. The second-order valence-corrected chi connectivity index (χ2v) is 17.6. The molecule has 0 spiro atoms. The smallest absolute Gasteiger partial charge is 0.407 e. The molecule has 6 rings (SSSR count). The monoisotopic (exact) mass is 669 g/mol. The van der Waals surface area contributed by atoms with Crippen molar-refractivity contribution >= 4 is 36.5 Å². The van der Waals surface area contributed by atoms with E-state index in [2.05, 4.69) is 118 Å². The standard InChI is InChI=1S/C39H51N3O5Si/c1-38(2,3)36(47-48(29-12-8-6-9-13-29)30-14-10-7-11-15-30)39(22-23-39)27-45-34-19-17-31-33(40-46-35(31)32(34)26-41(4)5)18-16-28-20-24-42(25-21-28)37(43)44/h6-15,17,19,28,36,48H,16,18,20-27H2,1-5H3,(H,43,44). The van der Waals surface area contributed by atoms with E-state index in [-0.39, 0.29) is 16.9 Å². The van der Waals surface area contributed by atoms with Gasteiger partial charge in [-0.1, -0.05) is 86.6 Å². The van der Waals surface area contributed by atoms with Crippen molar-refractivity contribution in [3.63, 3.8) is 0 Å². The lowest BCUT2D eigenvalue weighted by molar-refractivity contribution is 0.000853. The summed E-state index contributed by atoms with van der Waals surface area (Å²) in [4.78, 5) is 15.0. The van der Waals surface area contributed by atoms with E-state index >= 15 is 0 Å². The average Bonchev–Trinajstić information content (AvgIpc) is 3.73. The lowest BCUT2D eigenvalue weighted by Gasteiger charge is -2.40. The lowest BCUT2D eigenvalue weighted by atomic mass is 9.79. The van der Waals surface area contributed by atoms with Crippen molar-refractivity contribution in [3.05, 3.63) is 84.1 Å². The van der Waals surface area contributed by atoms with Crippen molar-refractivity contribution in [1.82, 2.24) is 15.0 Å². The summed E-state index contributed by atoms with van der Waals surface area (Å²) in [6.45, 7) is 9.38. The predicted molar refractivity (Wildman–Crippen MR) is 193 cm³/mol. The van der Waals surface area contributed by atoms with Gasteiger partial charge in [-0.15, -0.1) is 0 Å². The van der Waals surface area contributed by atoms with Crippen LogP contribution in [0.4, 0.5) is 4.79 Å². The van der Waals surface area contributed by atoms with E-state index in [0.29, 0.717) is 32.2 Å². The van der Waals surface area contributed by atoms with E-state index in [9.17, 15) is 9.90 Å². The van der Waals surface area contributed by atoms with Gasteiger partial charge in [0.15, 0.2) is 5.58 Å². The second kappa shape index (κ2) is 14.4. The molecule has 1 amide bonds. The molecule has 1 saturated carbocycles. The van der Waals surface area contributed by atoms with Crippen LogP contribution in [0.25, 0.3) is 11.0 Å². The molecular weight excluding hydrogens is 619 g/mol. The molecule has 1 saturated heterocycles. The largest absolute Gasteiger partial charge is 0.492 e. The third-order valence-corrected chi connectivity index (χ3v) is 12.7. The Morgan fingerprint density at radius 3 is 2.19 bits per heavy atom. The fourth-order valence-corrected chi connectivity index (χ4v) is 10.3. The van der Waals surface area contributed by atoms with Crippen LogP contribution in [-0.2, 0) is 17.4 Å². The first-order valence-corrected chi connectivity index (χ1v) is 19.1. The first kappa shape index (κ1) is 34.2. The predicted octanol–water partition coefficient (Wildman–Crippen LogP) is 6.34. The number of amides is 1. The minimum Gasteiger partial charge on any atom is -0.492 e. The third-order valence-electron chi connectivity index (χ3n) is 10.2. The van der Waals surface area contributed by atoms with E-state index in [0.717, 1.165) is 66.5 Å². The van der Waals surface area contributed by atoms with E-state index in [4.69, 9.17) is 13.7 Å². The molecular formula is C39H51N3O5Si. The summed E-state index contributed by atoms with van der Waals surface area (Å²) < 4.78 is 20.2. The Morgan fingerprint density at radius 1 is 1.02 bits per heavy atom. The van der Waals surface area contributed by atoms with Gasteiger partial charge in [0.2, 0.25) is 9.04 Å². The molecule has 3 aromatic carbocycles. The van der Waals surface area contributed by atoms with Crippen LogP contribution in [0.15, 0.2) is 77.3 Å². The summed E-state index contributed by atoms with van der Waals surface area (Å²) in [5.74, 6) is 1.34. The summed E-state index contributed by atoms with van der Waals surface area (Å²) in [7, 11) is 2.16. The van der Waals surface area contributed by atoms with Gasteiger partial charge in [-0.3, -0.25) is 0 Å². The first-order valence-electron chi connectivity index (χ1n) is 17.4. The van der Waals surface area contributed by atoms with Crippen LogP contribution < -0.4 is 15.1 Å². The number of aryl methyl sites for hydroxylation is 1. The van der Waals surface area contributed by atoms with Gasteiger partial charge >= 0.3 is 6.09 Å². The Balaban J connectivity index is 1.21. The molecule has 2 heterocycles. The van der Waals surface area contributed by atoms with Gasteiger partial charge in [-0.25, -0.2) is 4.79 Å². The highest BCUT2D eigenvalue weighted by Gasteiger charge is 2.55. The third kappa shape index (κ3) is 7.79. The number of benzene rings is 3. The number of fused-ring (bicyclic) bond motifs is 1. The number of piperidine rings is 1. The Labute approximate surface area is 286 Å². The fourth-order valence-electron chi connectivity index (χ4n) is 7.50. The zero-order chi connectivity index (χ0) is 33.9. The van der Waals surface area contributed by atoms with Gasteiger partial charge in [-0.2, -0.15) is 0 Å². The van der Waals surface area contributed by atoms with E-state index in [1.54, 1.807) is 0 Å². The van der Waals surface area contributed by atoms with Crippen LogP contribution in [0.1, 0.15) is 64.1 Å². The maximum Gasteiger partial charge on any atom is 0.407 e. The lowest BCUT2D eigenvalue weighted by Crippen LogP contribution is -2.53. The van der Waals surface area contributed by atoms with Crippen LogP contribution in [0.3, 0.4) is 0 Å². The molecule has 2 aliphatic rings. The Bertz CT molecular complexity index is 1620. The molecule has 1 atom stereocenters. The molecule has 2 fully saturated rings. The summed E-state index contributed by atoms with van der Waals surface area (Å²) in [5, 5.41) is 17.4. The molecule has 0 radical (unpaired) electrons. The fraction of sp³-hybridized carbons (Fsp3) is 0.487. The molecule has 256 valence electrons. The van der Waals surface area contributed by atoms with Gasteiger partial charge in [0.05, 0.1) is 24.0 Å². The van der Waals surface area contributed by atoms with Crippen molar-refractivity contribution in [1.29, 1.82) is 0 Å². The van der Waals surface area contributed by atoms with E-state index in [1.165, 1.54) is 15.3 Å². The Hall–Kier alpha value is -3.66. The summed E-state index contributed by atoms with van der Waals surface area (Å²) >= 11 is 0. The number of carboxylic acid groups (broad SMARTS) is 1. The molecule has 9 heteroatoms. The second-order valence-electron chi connectivity index (χ2n) is 15.3. The van der Waals surface area contributed by atoms with E-state index in [1.807, 2.05) is 0 Å². The van der Waals surface area contributed by atoms with Crippen molar-refractivity contribution in [2.24, 2.45) is 16.7 Å². The van der Waals surface area contributed by atoms with Gasteiger partial charge in [0.25, 0.3) is 0 Å². The van der Waals surface area contributed by atoms with Crippen molar-refractivity contribution in [3.8, 4) is 5.75 Å². The molecule has 8 nitrogen and oxygen atoms in total. The number of hydrogen-bond donors (Lipinski definition) is 1. The highest BCUT2D eigenvalue weighted by Crippen LogP contribution is 2.55. The summed E-state index contributed by atoms with van der Waals surface area (Å²) in [6, 6.07) is 25.7. The van der Waals surface area contributed by atoms with Gasteiger partial charge < -0.3 is 28.6 Å². The number of ether oxygens (including phenoxy) is 1. The summed E-state index contributed by atoms with van der Waals surface area (Å²) in [5.41, 5.74) is 2.65. The van der Waals surface area contributed by atoms with Crippen LogP contribution in [0, 0.1) is 16.7 Å². The van der Waals surface area contributed by atoms with E-state index < -0.39 is 15.1 Å². The topological polar surface area (TPSA) is 88.3 Å². The Kier molecular flexibility index (Phi) is 10.3. The van der Waals surface area contributed by atoms with Crippen molar-refractivity contribution < 1.29 is 23.6 Å². The minimum absolute atomic E-state index is 0.0300. The maximum absolute atomic E-state index is 11.3. The van der Waals surface area contributed by atoms with Crippen molar-refractivity contribution in [2.75, 3.05) is 33.8 Å². The quantitative estimate of drug-likeness (QED) is 0.166. The molecule has 0 bridgehead atoms.